The molecule has 0 aliphatic heterocycles. The zero-order valence-corrected chi connectivity index (χ0v) is 30.8. The number of anilines is 3. The second kappa shape index (κ2) is 16.8. The lowest BCUT2D eigenvalue weighted by atomic mass is 10.1. The topological polar surface area (TPSA) is 162 Å². The molecule has 2 aromatic heterocycles. The number of primary amides is 1. The molecule has 0 atom stereocenters. The Morgan fingerprint density at radius 1 is 0.870 bits per heavy atom. The highest BCUT2D eigenvalue weighted by Crippen LogP contribution is 2.34. The number of ether oxygens (including phenoxy) is 3. The summed E-state index contributed by atoms with van der Waals surface area (Å²) < 4.78 is 19.4. The first-order valence-electron chi connectivity index (χ1n) is 17.4. The fraction of sp³-hybridized carbons (Fsp3) is 0.225. The summed E-state index contributed by atoms with van der Waals surface area (Å²) >= 11 is 0. The number of aromatic nitrogens is 4. The Labute approximate surface area is 313 Å². The maximum absolute atomic E-state index is 13.5. The van der Waals surface area contributed by atoms with E-state index in [9.17, 15) is 9.59 Å². The van der Waals surface area contributed by atoms with Crippen LogP contribution in [0.4, 0.5) is 22.2 Å². The third-order valence-corrected chi connectivity index (χ3v) is 8.45. The molecule has 0 saturated heterocycles. The summed E-state index contributed by atoms with van der Waals surface area (Å²) in [5.41, 5.74) is 8.01. The Kier molecular flexibility index (Phi) is 11.5. The van der Waals surface area contributed by atoms with Crippen molar-refractivity contribution in [2.45, 2.75) is 19.8 Å². The number of hydrogen-bond acceptors (Lipinski definition) is 10. The standard InChI is InChI=1S/C40H43N9O5/c1-26(2)34-24-36(49(46-34)28-13-15-29(52-5)16-14-28)44-40(51)43-33-17-18-35(32-12-7-6-11-31(32)33)54-37-19-20-42-39(45-37)48(22-21-47(3)4)25-53-30-10-8-9-27(23-30)38(41)50/h6-20,23-24,26H,21-22,25H2,1-5H3,(H2,41,50)(H2,43,44,51). The molecular formula is C40H43N9O5. The number of methoxy groups -OCH3 is 1. The second-order valence-electron chi connectivity index (χ2n) is 13.0. The van der Waals surface area contributed by atoms with E-state index < -0.39 is 11.9 Å². The van der Waals surface area contributed by atoms with Crippen LogP contribution in [0.3, 0.4) is 0 Å². The van der Waals surface area contributed by atoms with Crippen LogP contribution in [-0.2, 0) is 0 Å². The van der Waals surface area contributed by atoms with E-state index >= 15 is 0 Å². The van der Waals surface area contributed by atoms with Crippen LogP contribution in [0, 0.1) is 0 Å². The summed E-state index contributed by atoms with van der Waals surface area (Å²) in [7, 11) is 5.56. The Bertz CT molecular complexity index is 2240. The number of urea groups is 1. The van der Waals surface area contributed by atoms with Crippen LogP contribution in [0.15, 0.2) is 103 Å². The quantitative estimate of drug-likeness (QED) is 0.0950. The number of nitrogens with zero attached hydrogens (tertiary/aromatic N) is 6. The molecule has 0 aliphatic carbocycles. The fourth-order valence-corrected chi connectivity index (χ4v) is 5.52. The zero-order chi connectivity index (χ0) is 38.2. The molecule has 0 aliphatic rings. The lowest BCUT2D eigenvalue weighted by molar-refractivity contribution is 0.0999. The molecule has 14 heteroatoms. The zero-order valence-electron chi connectivity index (χ0n) is 30.8. The number of fused-ring (bicyclic) bond motifs is 1. The van der Waals surface area contributed by atoms with Crippen molar-refractivity contribution in [3.05, 3.63) is 115 Å². The molecule has 0 radical (unpaired) electrons. The first-order chi connectivity index (χ1) is 26.1. The molecule has 6 aromatic rings. The SMILES string of the molecule is COc1ccc(-n2nc(C(C)C)cc2NC(=O)Nc2ccc(Oc3ccnc(N(CCN(C)C)COc4cccc(C(N)=O)c4)n3)c3ccccc23)cc1. The summed E-state index contributed by atoms with van der Waals surface area (Å²) in [6.07, 6.45) is 1.62. The van der Waals surface area contributed by atoms with Gasteiger partial charge in [0.25, 0.3) is 0 Å². The number of amides is 3. The molecule has 0 spiro atoms. The van der Waals surface area contributed by atoms with Crippen molar-refractivity contribution in [3.8, 4) is 28.8 Å². The summed E-state index contributed by atoms with van der Waals surface area (Å²) in [5.74, 6) is 2.61. The van der Waals surface area contributed by atoms with E-state index in [2.05, 4.69) is 15.6 Å². The summed E-state index contributed by atoms with van der Waals surface area (Å²) in [5, 5.41) is 12.3. The summed E-state index contributed by atoms with van der Waals surface area (Å²) in [6, 6.07) is 28.5. The van der Waals surface area contributed by atoms with E-state index in [1.165, 1.54) is 0 Å². The van der Waals surface area contributed by atoms with Crippen molar-refractivity contribution >= 4 is 40.2 Å². The Hall–Kier alpha value is -6.67. The molecule has 2 heterocycles. The third kappa shape index (κ3) is 9.03. The lowest BCUT2D eigenvalue weighted by Gasteiger charge is -2.24. The van der Waals surface area contributed by atoms with Crippen molar-refractivity contribution in [3.63, 3.8) is 0 Å². The van der Waals surface area contributed by atoms with E-state index in [1.54, 1.807) is 60.5 Å². The minimum absolute atomic E-state index is 0.116. The Morgan fingerprint density at radius 2 is 1.65 bits per heavy atom. The first-order valence-corrected chi connectivity index (χ1v) is 17.4. The molecule has 0 saturated carbocycles. The van der Waals surface area contributed by atoms with Crippen LogP contribution >= 0.6 is 0 Å². The van der Waals surface area contributed by atoms with Crippen molar-refractivity contribution in [1.29, 1.82) is 0 Å². The molecule has 6 rings (SSSR count). The van der Waals surface area contributed by atoms with E-state index in [-0.39, 0.29) is 12.6 Å². The molecule has 0 bridgehead atoms. The highest BCUT2D eigenvalue weighted by atomic mass is 16.5. The van der Waals surface area contributed by atoms with Gasteiger partial charge in [-0.25, -0.2) is 14.5 Å². The van der Waals surface area contributed by atoms with Gasteiger partial charge >= 0.3 is 6.03 Å². The van der Waals surface area contributed by atoms with Crippen molar-refractivity contribution in [2.24, 2.45) is 5.73 Å². The van der Waals surface area contributed by atoms with Crippen LogP contribution in [0.1, 0.15) is 35.8 Å². The van der Waals surface area contributed by atoms with Gasteiger partial charge in [0, 0.05) is 47.8 Å². The van der Waals surface area contributed by atoms with Gasteiger partial charge in [-0.05, 0) is 74.6 Å². The predicted molar refractivity (Wildman–Crippen MR) is 209 cm³/mol. The monoisotopic (exact) mass is 729 g/mol. The number of benzene rings is 4. The van der Waals surface area contributed by atoms with E-state index in [0.29, 0.717) is 53.5 Å². The highest BCUT2D eigenvalue weighted by molar-refractivity contribution is 6.07. The highest BCUT2D eigenvalue weighted by Gasteiger charge is 2.18. The van der Waals surface area contributed by atoms with Gasteiger partial charge in [0.05, 0.1) is 24.2 Å². The average molecular weight is 730 g/mol. The van der Waals surface area contributed by atoms with E-state index in [0.717, 1.165) is 27.9 Å². The molecule has 54 heavy (non-hydrogen) atoms. The molecule has 0 fully saturated rings. The molecular weight excluding hydrogens is 686 g/mol. The Balaban J connectivity index is 1.20. The van der Waals surface area contributed by atoms with Crippen LogP contribution in [-0.4, -0.2) is 77.6 Å². The number of hydrogen-bond donors (Lipinski definition) is 3. The summed E-state index contributed by atoms with van der Waals surface area (Å²) in [4.78, 5) is 38.3. The van der Waals surface area contributed by atoms with Gasteiger partial charge < -0.3 is 35.1 Å². The van der Waals surface area contributed by atoms with Crippen LogP contribution in [0.2, 0.25) is 0 Å². The van der Waals surface area contributed by atoms with E-state index in [4.69, 9.17) is 30.0 Å². The van der Waals surface area contributed by atoms with Crippen molar-refractivity contribution < 1.29 is 23.8 Å². The minimum atomic E-state index is -0.535. The third-order valence-electron chi connectivity index (χ3n) is 8.45. The number of nitrogens with two attached hydrogens (primary N) is 1. The van der Waals surface area contributed by atoms with Gasteiger partial charge in [-0.2, -0.15) is 10.1 Å². The summed E-state index contributed by atoms with van der Waals surface area (Å²) in [6.45, 7) is 5.47. The minimum Gasteiger partial charge on any atom is -0.497 e. The molecule has 4 N–H and O–H groups in total. The van der Waals surface area contributed by atoms with Gasteiger partial charge in [-0.3, -0.25) is 10.1 Å². The van der Waals surface area contributed by atoms with Gasteiger partial charge in [0.15, 0.2) is 6.73 Å². The van der Waals surface area contributed by atoms with E-state index in [1.807, 2.05) is 92.3 Å². The molecule has 4 aromatic carbocycles. The van der Waals surface area contributed by atoms with Gasteiger partial charge in [0.2, 0.25) is 17.7 Å². The maximum atomic E-state index is 13.5. The van der Waals surface area contributed by atoms with Crippen molar-refractivity contribution in [2.75, 3.05) is 56.6 Å². The fourth-order valence-electron chi connectivity index (χ4n) is 5.52. The lowest BCUT2D eigenvalue weighted by Crippen LogP contribution is -2.35. The number of nitrogens with one attached hydrogen (secondary N) is 2. The number of likely N-dealkylation sites (N-methyl/N-ethyl adjacent to an activating group) is 1. The van der Waals surface area contributed by atoms with Gasteiger partial charge in [0.1, 0.15) is 23.1 Å². The number of rotatable bonds is 15. The largest absolute Gasteiger partial charge is 0.497 e. The second-order valence-corrected chi connectivity index (χ2v) is 13.0. The molecule has 0 unspecified atom stereocenters. The first kappa shape index (κ1) is 37.1. The normalized spacial score (nSPS) is 11.1. The maximum Gasteiger partial charge on any atom is 0.324 e. The van der Waals surface area contributed by atoms with Crippen molar-refractivity contribution in [1.82, 2.24) is 24.6 Å². The van der Waals surface area contributed by atoms with Crippen LogP contribution < -0.4 is 35.5 Å². The molecule has 278 valence electrons. The average Bonchev–Trinajstić information content (AvgIpc) is 3.60. The number of carbonyl (C=O) groups excluding carboxylic acids is 2. The number of carbonyl (C=O) groups is 2. The van der Waals surface area contributed by atoms with Gasteiger partial charge in [-0.1, -0.05) is 44.2 Å². The van der Waals surface area contributed by atoms with Crippen LogP contribution in [0.25, 0.3) is 16.5 Å². The smallest absolute Gasteiger partial charge is 0.324 e. The van der Waals surface area contributed by atoms with Gasteiger partial charge in [-0.15, -0.1) is 0 Å². The molecule has 14 nitrogen and oxygen atoms in total. The predicted octanol–water partition coefficient (Wildman–Crippen LogP) is 6.89. The van der Waals surface area contributed by atoms with Crippen LogP contribution in [0.5, 0.6) is 23.1 Å². The molecule has 3 amide bonds. The Morgan fingerprint density at radius 3 is 2.37 bits per heavy atom.